The number of hydrogen-bond donors (Lipinski definition) is 0. The summed E-state index contributed by atoms with van der Waals surface area (Å²) in [6.45, 7) is 1.80. The number of ether oxygens (including phenoxy) is 2. The highest BCUT2D eigenvalue weighted by atomic mass is 32.2. The Bertz CT molecular complexity index is 848. The van der Waals surface area contributed by atoms with Crippen molar-refractivity contribution in [1.82, 2.24) is 0 Å². The number of thioether (sulfide) groups is 1. The summed E-state index contributed by atoms with van der Waals surface area (Å²) in [5.74, 6) is -4.90. The molecule has 0 spiro atoms. The lowest BCUT2D eigenvalue weighted by Gasteiger charge is -2.32. The van der Waals surface area contributed by atoms with Gasteiger partial charge in [0.2, 0.25) is 0 Å². The van der Waals surface area contributed by atoms with Crippen LogP contribution in [0.2, 0.25) is 0 Å². The van der Waals surface area contributed by atoms with Crippen LogP contribution in [0.5, 0.6) is 0 Å². The highest BCUT2D eigenvalue weighted by Crippen LogP contribution is 2.38. The molecule has 2 unspecified atom stereocenters. The van der Waals surface area contributed by atoms with E-state index in [1.807, 2.05) is 24.3 Å². The molecule has 0 saturated carbocycles. The van der Waals surface area contributed by atoms with Crippen LogP contribution in [0.3, 0.4) is 0 Å². The summed E-state index contributed by atoms with van der Waals surface area (Å²) in [4.78, 5) is 12.3. The summed E-state index contributed by atoms with van der Waals surface area (Å²) in [6.07, 6.45) is -1.25. The van der Waals surface area contributed by atoms with Crippen molar-refractivity contribution < 1.29 is 31.8 Å². The third-order valence-corrected chi connectivity index (χ3v) is 6.29. The molecule has 0 N–H and O–H groups in total. The van der Waals surface area contributed by atoms with Gasteiger partial charge in [0.05, 0.1) is 12.2 Å². The Balaban J connectivity index is 1.54. The zero-order chi connectivity index (χ0) is 22.4. The van der Waals surface area contributed by atoms with E-state index in [1.54, 1.807) is 12.1 Å². The van der Waals surface area contributed by atoms with Crippen LogP contribution in [-0.4, -0.2) is 42.2 Å². The van der Waals surface area contributed by atoms with E-state index in [0.717, 1.165) is 30.4 Å². The van der Waals surface area contributed by atoms with Crippen molar-refractivity contribution in [3.05, 3.63) is 59.7 Å². The van der Waals surface area contributed by atoms with Crippen LogP contribution < -0.4 is 0 Å². The van der Waals surface area contributed by atoms with E-state index in [2.05, 4.69) is 19.1 Å². The fourth-order valence-electron chi connectivity index (χ4n) is 3.14. The molecule has 2 atom stereocenters. The van der Waals surface area contributed by atoms with Crippen molar-refractivity contribution in [3.8, 4) is 11.1 Å². The minimum absolute atomic E-state index is 0.0405. The molecule has 0 aromatic heterocycles. The molecular formula is C23H24F4O3S. The van der Waals surface area contributed by atoms with E-state index in [1.165, 1.54) is 5.56 Å². The third kappa shape index (κ3) is 6.01. The number of alkyl halides is 4. The second kappa shape index (κ2) is 10.5. The average molecular weight is 457 g/mol. The van der Waals surface area contributed by atoms with E-state index in [9.17, 15) is 22.4 Å². The largest absolute Gasteiger partial charge is 0.455 e. The lowest BCUT2D eigenvalue weighted by molar-refractivity contribution is -0.185. The molecule has 1 heterocycles. The molecule has 0 bridgehead atoms. The molecule has 1 fully saturated rings. The lowest BCUT2D eigenvalue weighted by Crippen LogP contribution is -2.45. The fourth-order valence-corrected chi connectivity index (χ4v) is 4.20. The minimum atomic E-state index is -4.25. The molecule has 0 aliphatic carbocycles. The Morgan fingerprint density at radius 3 is 2.26 bits per heavy atom. The minimum Gasteiger partial charge on any atom is -0.455 e. The summed E-state index contributed by atoms with van der Waals surface area (Å²) in [7, 11) is 0. The van der Waals surface area contributed by atoms with Crippen LogP contribution in [0.1, 0.15) is 35.7 Å². The highest BCUT2D eigenvalue weighted by molar-refractivity contribution is 7.99. The molecule has 1 aliphatic rings. The molecule has 3 nitrogen and oxygen atoms in total. The number of aryl methyl sites for hydroxylation is 1. The van der Waals surface area contributed by atoms with Crippen molar-refractivity contribution in [2.24, 2.45) is 0 Å². The molecule has 2 aromatic rings. The second-order valence-corrected chi connectivity index (χ2v) is 8.47. The predicted octanol–water partition coefficient (Wildman–Crippen LogP) is 6.21. The summed E-state index contributed by atoms with van der Waals surface area (Å²) in [5.41, 5.74) is 1.63. The molecule has 2 aromatic carbocycles. The number of carbonyl (C=O) groups is 1. The maximum atomic E-state index is 13.3. The summed E-state index contributed by atoms with van der Waals surface area (Å²) in [6, 6.07) is 15.2. The van der Waals surface area contributed by atoms with Gasteiger partial charge in [-0.25, -0.2) is 13.6 Å². The molecule has 1 aliphatic heterocycles. The van der Waals surface area contributed by atoms with Gasteiger partial charge >= 0.3 is 18.3 Å². The van der Waals surface area contributed by atoms with Gasteiger partial charge in [0.1, 0.15) is 6.10 Å². The van der Waals surface area contributed by atoms with E-state index >= 15 is 0 Å². The lowest BCUT2D eigenvalue weighted by atomic mass is 10.0. The standard InChI is InChI=1S/C23H24F4O3S/c1-2-3-4-15-5-7-16(8-6-15)17-9-11-18(12-10-17)20(28)30-19-13-29-22(31-14-19)23(26,27)21(24)25/h5-12,19,21-22H,2-4,13-14H2,1H3. The first-order valence-electron chi connectivity index (χ1n) is 10.1. The van der Waals surface area contributed by atoms with Crippen molar-refractivity contribution in [1.29, 1.82) is 0 Å². The van der Waals surface area contributed by atoms with Crippen molar-refractivity contribution in [3.63, 3.8) is 0 Å². The van der Waals surface area contributed by atoms with E-state index < -0.39 is 29.9 Å². The molecule has 3 rings (SSSR count). The van der Waals surface area contributed by atoms with Gasteiger partial charge < -0.3 is 9.47 Å². The Labute approximate surface area is 183 Å². The van der Waals surface area contributed by atoms with Crippen LogP contribution >= 0.6 is 11.8 Å². The first kappa shape index (κ1) is 23.6. The maximum Gasteiger partial charge on any atom is 0.342 e. The van der Waals surface area contributed by atoms with Crippen LogP contribution in [0.15, 0.2) is 48.5 Å². The van der Waals surface area contributed by atoms with Gasteiger partial charge in [0.15, 0.2) is 5.44 Å². The first-order valence-corrected chi connectivity index (χ1v) is 11.2. The zero-order valence-electron chi connectivity index (χ0n) is 17.0. The molecule has 0 radical (unpaired) electrons. The van der Waals surface area contributed by atoms with Crippen LogP contribution in [0, 0.1) is 0 Å². The smallest absolute Gasteiger partial charge is 0.342 e. The zero-order valence-corrected chi connectivity index (χ0v) is 17.8. The monoisotopic (exact) mass is 456 g/mol. The quantitative estimate of drug-likeness (QED) is 0.349. The molecule has 0 amide bonds. The average Bonchev–Trinajstić information content (AvgIpc) is 2.78. The molecule has 1 saturated heterocycles. The van der Waals surface area contributed by atoms with Crippen molar-refractivity contribution in [2.75, 3.05) is 12.4 Å². The fraction of sp³-hybridized carbons (Fsp3) is 0.435. The molecular weight excluding hydrogens is 432 g/mol. The van der Waals surface area contributed by atoms with E-state index in [0.29, 0.717) is 17.3 Å². The normalized spacial score (nSPS) is 19.4. The number of benzene rings is 2. The molecule has 8 heteroatoms. The van der Waals surface area contributed by atoms with E-state index in [4.69, 9.17) is 9.47 Å². The maximum absolute atomic E-state index is 13.3. The summed E-state index contributed by atoms with van der Waals surface area (Å²) < 4.78 is 61.6. The predicted molar refractivity (Wildman–Crippen MR) is 113 cm³/mol. The van der Waals surface area contributed by atoms with Crippen molar-refractivity contribution in [2.45, 2.75) is 50.1 Å². The molecule has 168 valence electrons. The number of unbranched alkanes of at least 4 members (excludes halogenated alkanes) is 1. The van der Waals surface area contributed by atoms with Gasteiger partial charge in [-0.1, -0.05) is 49.7 Å². The van der Waals surface area contributed by atoms with E-state index in [-0.39, 0.29) is 12.4 Å². The second-order valence-electron chi connectivity index (χ2n) is 7.38. The van der Waals surface area contributed by atoms with Crippen molar-refractivity contribution >= 4 is 17.7 Å². The number of carbonyl (C=O) groups excluding carboxylic acids is 1. The number of halogens is 4. The first-order chi connectivity index (χ1) is 14.8. The Morgan fingerprint density at radius 2 is 1.74 bits per heavy atom. The van der Waals surface area contributed by atoms with Crippen LogP contribution in [0.4, 0.5) is 17.6 Å². The highest BCUT2D eigenvalue weighted by Gasteiger charge is 2.51. The number of rotatable bonds is 8. The SMILES string of the molecule is CCCCc1ccc(-c2ccc(C(=O)OC3COC(C(F)(F)C(F)F)SC3)cc2)cc1. The van der Waals surface area contributed by atoms with Gasteiger partial charge in [-0.2, -0.15) is 8.78 Å². The van der Waals surface area contributed by atoms with Crippen LogP contribution in [-0.2, 0) is 15.9 Å². The Kier molecular flexibility index (Phi) is 8.00. The van der Waals surface area contributed by atoms with Crippen LogP contribution in [0.25, 0.3) is 11.1 Å². The number of hydrogen-bond acceptors (Lipinski definition) is 4. The topological polar surface area (TPSA) is 35.5 Å². The summed E-state index contributed by atoms with van der Waals surface area (Å²) >= 11 is 0.520. The van der Waals surface area contributed by atoms with Gasteiger partial charge in [-0.05, 0) is 41.7 Å². The molecule has 31 heavy (non-hydrogen) atoms. The van der Waals surface area contributed by atoms with Gasteiger partial charge in [-0.15, -0.1) is 11.8 Å². The van der Waals surface area contributed by atoms with Gasteiger partial charge in [0.25, 0.3) is 0 Å². The third-order valence-electron chi connectivity index (χ3n) is 4.97. The summed E-state index contributed by atoms with van der Waals surface area (Å²) in [5, 5.41) is 0. The number of esters is 1. The van der Waals surface area contributed by atoms with Gasteiger partial charge in [0, 0.05) is 5.75 Å². The van der Waals surface area contributed by atoms with Gasteiger partial charge in [-0.3, -0.25) is 0 Å². The Hall–Kier alpha value is -2.06. The Morgan fingerprint density at radius 1 is 1.13 bits per heavy atom.